The van der Waals surface area contributed by atoms with Crippen molar-refractivity contribution in [2.45, 2.75) is 31.1 Å². The van der Waals surface area contributed by atoms with Crippen molar-refractivity contribution >= 4 is 10.0 Å². The zero-order valence-corrected chi connectivity index (χ0v) is 13.4. The molecule has 0 amide bonds. The van der Waals surface area contributed by atoms with Crippen molar-refractivity contribution in [3.8, 4) is 0 Å². The molecule has 0 spiro atoms. The third-order valence-corrected chi connectivity index (χ3v) is 4.61. The van der Waals surface area contributed by atoms with Crippen LogP contribution in [-0.4, -0.2) is 32.0 Å². The summed E-state index contributed by atoms with van der Waals surface area (Å²) in [5.41, 5.74) is -1.86. The lowest BCUT2D eigenvalue weighted by Crippen LogP contribution is -2.41. The standard InChI is InChI=1S/C13H14F7NO2S/c1-8(2)6-21(7-12(15,16)17)24(22,23)9-3-4-11(14)10(5-9)13(18,19)20/h3-5,8H,6-7H2,1-2H3. The maximum absolute atomic E-state index is 13.2. The highest BCUT2D eigenvalue weighted by molar-refractivity contribution is 7.89. The minimum atomic E-state index is -5.18. The van der Waals surface area contributed by atoms with E-state index in [-0.39, 0.29) is 16.4 Å². The highest BCUT2D eigenvalue weighted by Crippen LogP contribution is 2.34. The number of benzene rings is 1. The number of sulfonamides is 1. The molecule has 0 bridgehead atoms. The van der Waals surface area contributed by atoms with Gasteiger partial charge >= 0.3 is 12.4 Å². The Morgan fingerprint density at radius 3 is 2.04 bits per heavy atom. The van der Waals surface area contributed by atoms with Crippen LogP contribution in [0.2, 0.25) is 0 Å². The van der Waals surface area contributed by atoms with E-state index in [9.17, 15) is 39.2 Å². The summed E-state index contributed by atoms with van der Waals surface area (Å²) >= 11 is 0. The van der Waals surface area contributed by atoms with Crippen LogP contribution < -0.4 is 0 Å². The summed E-state index contributed by atoms with van der Waals surface area (Å²) in [6, 6.07) is 0.759. The minimum absolute atomic E-state index is 0.00559. The molecule has 0 radical (unpaired) electrons. The van der Waals surface area contributed by atoms with Gasteiger partial charge in [-0.1, -0.05) is 13.8 Å². The van der Waals surface area contributed by atoms with Gasteiger partial charge in [0, 0.05) is 6.54 Å². The first-order valence-corrected chi connectivity index (χ1v) is 8.02. The number of halogens is 7. The molecular formula is C13H14F7NO2S. The van der Waals surface area contributed by atoms with Crippen LogP contribution in [-0.2, 0) is 16.2 Å². The Kier molecular flexibility index (Phi) is 5.92. The summed E-state index contributed by atoms with van der Waals surface area (Å²) in [7, 11) is -4.88. The Balaban J connectivity index is 3.39. The maximum Gasteiger partial charge on any atom is 0.419 e. The van der Waals surface area contributed by atoms with Crippen molar-refractivity contribution in [1.82, 2.24) is 4.31 Å². The molecule has 3 nitrogen and oxygen atoms in total. The van der Waals surface area contributed by atoms with E-state index in [0.29, 0.717) is 6.07 Å². The lowest BCUT2D eigenvalue weighted by atomic mass is 10.2. The quantitative estimate of drug-likeness (QED) is 0.722. The molecule has 0 atom stereocenters. The van der Waals surface area contributed by atoms with Crippen LogP contribution in [0.15, 0.2) is 23.1 Å². The number of hydrogen-bond donors (Lipinski definition) is 0. The fourth-order valence-corrected chi connectivity index (χ4v) is 3.50. The summed E-state index contributed by atoms with van der Waals surface area (Å²) in [5, 5.41) is 0. The molecule has 0 aromatic heterocycles. The Labute approximate surface area is 134 Å². The first-order valence-electron chi connectivity index (χ1n) is 6.58. The van der Waals surface area contributed by atoms with Gasteiger partial charge in [-0.3, -0.25) is 0 Å². The first kappa shape index (κ1) is 20.7. The van der Waals surface area contributed by atoms with Crippen LogP contribution in [0.5, 0.6) is 0 Å². The van der Waals surface area contributed by atoms with Gasteiger partial charge < -0.3 is 0 Å². The molecule has 0 fully saturated rings. The molecule has 1 aromatic rings. The average molecular weight is 381 g/mol. The van der Waals surface area contributed by atoms with E-state index in [2.05, 4.69) is 0 Å². The summed E-state index contributed by atoms with van der Waals surface area (Å²) in [4.78, 5) is -1.05. The lowest BCUT2D eigenvalue weighted by molar-refractivity contribution is -0.140. The van der Waals surface area contributed by atoms with E-state index in [1.807, 2.05) is 0 Å². The summed E-state index contributed by atoms with van der Waals surface area (Å²) in [5.74, 6) is -2.22. The highest BCUT2D eigenvalue weighted by Gasteiger charge is 2.39. The molecule has 1 rings (SSSR count). The van der Waals surface area contributed by atoms with Gasteiger partial charge in [-0.25, -0.2) is 12.8 Å². The molecule has 1 aromatic carbocycles. The summed E-state index contributed by atoms with van der Waals surface area (Å²) < 4.78 is 114. The van der Waals surface area contributed by atoms with E-state index in [1.165, 1.54) is 13.8 Å². The topological polar surface area (TPSA) is 37.4 Å². The smallest absolute Gasteiger partial charge is 0.207 e. The van der Waals surface area contributed by atoms with E-state index in [0.717, 1.165) is 0 Å². The van der Waals surface area contributed by atoms with Gasteiger partial charge in [0.2, 0.25) is 10.0 Å². The molecule has 0 heterocycles. The van der Waals surface area contributed by atoms with Crippen molar-refractivity contribution in [2.75, 3.05) is 13.1 Å². The molecule has 0 unspecified atom stereocenters. The number of nitrogens with zero attached hydrogens (tertiary/aromatic N) is 1. The minimum Gasteiger partial charge on any atom is -0.207 e. The molecular weight excluding hydrogens is 367 g/mol. The second kappa shape index (κ2) is 6.87. The summed E-state index contributed by atoms with van der Waals surface area (Å²) in [6.45, 7) is 0.488. The Bertz CT molecular complexity index is 681. The van der Waals surface area contributed by atoms with E-state index in [1.54, 1.807) is 0 Å². The van der Waals surface area contributed by atoms with Crippen LogP contribution in [0.4, 0.5) is 30.7 Å². The van der Waals surface area contributed by atoms with Gasteiger partial charge in [-0.15, -0.1) is 0 Å². The van der Waals surface area contributed by atoms with Crippen molar-refractivity contribution in [3.63, 3.8) is 0 Å². The second-order valence-corrected chi connectivity index (χ2v) is 7.38. The van der Waals surface area contributed by atoms with Gasteiger partial charge in [-0.05, 0) is 24.1 Å². The molecule has 0 aliphatic heterocycles. The van der Waals surface area contributed by atoms with E-state index >= 15 is 0 Å². The van der Waals surface area contributed by atoms with Crippen LogP contribution >= 0.6 is 0 Å². The van der Waals surface area contributed by atoms with E-state index < -0.39 is 57.7 Å². The van der Waals surface area contributed by atoms with Gasteiger partial charge in [0.05, 0.1) is 10.5 Å². The summed E-state index contributed by atoms with van der Waals surface area (Å²) in [6.07, 6.45) is -10.1. The van der Waals surface area contributed by atoms with Crippen LogP contribution in [0, 0.1) is 11.7 Å². The number of rotatable bonds is 5. The van der Waals surface area contributed by atoms with Crippen LogP contribution in [0.25, 0.3) is 0 Å². The van der Waals surface area contributed by atoms with Gasteiger partial charge in [0.25, 0.3) is 0 Å². The van der Waals surface area contributed by atoms with Crippen LogP contribution in [0.1, 0.15) is 19.4 Å². The normalized spacial score (nSPS) is 13.8. The molecule has 0 aliphatic carbocycles. The third kappa shape index (κ3) is 5.33. The Hall–Kier alpha value is -1.36. The zero-order chi connectivity index (χ0) is 18.9. The molecule has 0 N–H and O–H groups in total. The molecule has 138 valence electrons. The van der Waals surface area contributed by atoms with Gasteiger partial charge in [0.1, 0.15) is 12.4 Å². The highest BCUT2D eigenvalue weighted by atomic mass is 32.2. The lowest BCUT2D eigenvalue weighted by Gasteiger charge is -2.25. The van der Waals surface area contributed by atoms with Crippen molar-refractivity contribution < 1.29 is 39.2 Å². The maximum atomic E-state index is 13.2. The number of hydrogen-bond acceptors (Lipinski definition) is 2. The van der Waals surface area contributed by atoms with Crippen molar-refractivity contribution in [2.24, 2.45) is 5.92 Å². The average Bonchev–Trinajstić information content (AvgIpc) is 2.34. The van der Waals surface area contributed by atoms with E-state index in [4.69, 9.17) is 0 Å². The number of alkyl halides is 6. The molecule has 0 saturated carbocycles. The third-order valence-electron chi connectivity index (χ3n) is 2.81. The monoisotopic (exact) mass is 381 g/mol. The van der Waals surface area contributed by atoms with Gasteiger partial charge in [-0.2, -0.15) is 30.6 Å². The molecule has 24 heavy (non-hydrogen) atoms. The van der Waals surface area contributed by atoms with Crippen molar-refractivity contribution in [1.29, 1.82) is 0 Å². The fourth-order valence-electron chi connectivity index (χ4n) is 1.89. The van der Waals surface area contributed by atoms with Gasteiger partial charge in [0.15, 0.2) is 0 Å². The fraction of sp³-hybridized carbons (Fsp3) is 0.538. The largest absolute Gasteiger partial charge is 0.419 e. The SMILES string of the molecule is CC(C)CN(CC(F)(F)F)S(=O)(=O)c1ccc(F)c(C(F)(F)F)c1. The zero-order valence-electron chi connectivity index (χ0n) is 12.5. The molecule has 0 saturated heterocycles. The molecule has 0 aliphatic rings. The Morgan fingerprint density at radius 2 is 1.62 bits per heavy atom. The van der Waals surface area contributed by atoms with Crippen molar-refractivity contribution in [3.05, 3.63) is 29.6 Å². The predicted molar refractivity (Wildman–Crippen MR) is 71.1 cm³/mol. The second-order valence-electron chi connectivity index (χ2n) is 5.45. The first-order chi connectivity index (χ1) is 10.6. The molecule has 11 heteroatoms. The Morgan fingerprint density at radius 1 is 1.08 bits per heavy atom. The van der Waals surface area contributed by atoms with Crippen LogP contribution in [0.3, 0.4) is 0 Å². The predicted octanol–water partition coefficient (Wildman–Crippen LogP) is 4.05.